The highest BCUT2D eigenvalue weighted by Crippen LogP contribution is 2.51. The number of carbonyl (C=O) groups is 1. The molecule has 36 heavy (non-hydrogen) atoms. The van der Waals surface area contributed by atoms with Crippen molar-refractivity contribution in [2.75, 3.05) is 6.61 Å². The topological polar surface area (TPSA) is 81.7 Å². The summed E-state index contributed by atoms with van der Waals surface area (Å²) in [6.07, 6.45) is 5.85. The van der Waals surface area contributed by atoms with Crippen LogP contribution in [0.3, 0.4) is 0 Å². The normalized spacial score (nSPS) is 23.5. The van der Waals surface area contributed by atoms with E-state index in [1.54, 1.807) is 0 Å². The monoisotopic (exact) mass is 533 g/mol. The summed E-state index contributed by atoms with van der Waals surface area (Å²) in [5, 5.41) is 0.427. The zero-order valence-electron chi connectivity index (χ0n) is 21.3. The van der Waals surface area contributed by atoms with Crippen molar-refractivity contribution in [1.29, 1.82) is 0 Å². The Bertz CT molecular complexity index is 1180. The summed E-state index contributed by atoms with van der Waals surface area (Å²) >= 11 is 5.83. The van der Waals surface area contributed by atoms with Crippen LogP contribution in [0.4, 0.5) is 0 Å². The van der Waals surface area contributed by atoms with Gasteiger partial charge in [0.1, 0.15) is 11.4 Å². The maximum atomic E-state index is 12.5. The maximum Gasteiger partial charge on any atom is 0.264 e. The Hall–Kier alpha value is -2.09. The lowest BCUT2D eigenvalue weighted by Gasteiger charge is -2.49. The van der Waals surface area contributed by atoms with Crippen LogP contribution >= 0.6 is 11.6 Å². The third-order valence-electron chi connectivity index (χ3n) is 7.30. The predicted octanol–water partition coefficient (Wildman–Crippen LogP) is 6.22. The number of hydrogen-bond acceptors (Lipinski definition) is 5. The van der Waals surface area contributed by atoms with E-state index in [9.17, 15) is 13.2 Å². The van der Waals surface area contributed by atoms with Crippen molar-refractivity contribution in [3.8, 4) is 5.75 Å². The SMILES string of the molecule is CC(C)CCC[C@]1(C)Oc2cc(CCC(=O)NS(=O)(=O)c3ccc(Cl)cc3)ccc2[C@@H]2OCCC[C@H]21. The van der Waals surface area contributed by atoms with E-state index in [1.807, 2.05) is 18.2 Å². The molecule has 0 unspecified atom stereocenters. The van der Waals surface area contributed by atoms with E-state index in [4.69, 9.17) is 21.1 Å². The van der Waals surface area contributed by atoms with Crippen molar-refractivity contribution < 1.29 is 22.7 Å². The van der Waals surface area contributed by atoms with E-state index < -0.39 is 15.9 Å². The van der Waals surface area contributed by atoms with Crippen LogP contribution in [0.25, 0.3) is 0 Å². The lowest BCUT2D eigenvalue weighted by molar-refractivity contribution is -0.127. The minimum Gasteiger partial charge on any atom is -0.487 e. The van der Waals surface area contributed by atoms with E-state index >= 15 is 0 Å². The van der Waals surface area contributed by atoms with Gasteiger partial charge in [-0.15, -0.1) is 0 Å². The van der Waals surface area contributed by atoms with Gasteiger partial charge in [0.2, 0.25) is 5.91 Å². The summed E-state index contributed by atoms with van der Waals surface area (Å²) in [7, 11) is -3.94. The maximum absolute atomic E-state index is 12.5. The second kappa shape index (κ2) is 11.1. The van der Waals surface area contributed by atoms with Crippen molar-refractivity contribution in [2.24, 2.45) is 11.8 Å². The standard InChI is InChI=1S/C28H36ClNO5S/c1-19(2)6-4-16-28(3)24-7-5-17-34-27(24)23-14-8-20(18-25(23)35-28)9-15-26(31)30-36(32,33)22-12-10-21(29)11-13-22/h8,10-14,18-19,24,27H,4-7,9,15-17H2,1-3H3,(H,30,31)/t24-,27+,28+/m1/s1. The summed E-state index contributed by atoms with van der Waals surface area (Å²) in [5.41, 5.74) is 1.70. The molecule has 1 N–H and O–H groups in total. The van der Waals surface area contributed by atoms with Gasteiger partial charge in [0.15, 0.2) is 0 Å². The molecular formula is C28H36ClNO5S. The molecule has 1 fully saturated rings. The predicted molar refractivity (Wildman–Crippen MR) is 141 cm³/mol. The zero-order chi connectivity index (χ0) is 25.9. The van der Waals surface area contributed by atoms with Gasteiger partial charge in [0.05, 0.1) is 11.0 Å². The first-order valence-electron chi connectivity index (χ1n) is 12.8. The molecule has 3 atom stereocenters. The van der Waals surface area contributed by atoms with E-state index in [2.05, 4.69) is 25.5 Å². The summed E-state index contributed by atoms with van der Waals surface area (Å²) in [6, 6.07) is 11.7. The van der Waals surface area contributed by atoms with Crippen LogP contribution in [0.2, 0.25) is 5.02 Å². The number of amides is 1. The molecule has 8 heteroatoms. The Morgan fingerprint density at radius 2 is 1.94 bits per heavy atom. The summed E-state index contributed by atoms with van der Waals surface area (Å²) in [6.45, 7) is 7.46. The number of hydrogen-bond donors (Lipinski definition) is 1. The number of ether oxygens (including phenoxy) is 2. The van der Waals surface area contributed by atoms with Crippen LogP contribution in [-0.4, -0.2) is 26.5 Å². The lowest BCUT2D eigenvalue weighted by Crippen LogP contribution is -2.49. The molecule has 2 aromatic carbocycles. The fourth-order valence-electron chi connectivity index (χ4n) is 5.33. The van der Waals surface area contributed by atoms with Gasteiger partial charge in [0, 0.05) is 29.5 Å². The average Bonchev–Trinajstić information content (AvgIpc) is 2.82. The van der Waals surface area contributed by atoms with Gasteiger partial charge in [-0.1, -0.05) is 44.0 Å². The fraction of sp³-hybridized carbons (Fsp3) is 0.536. The van der Waals surface area contributed by atoms with Gasteiger partial charge in [-0.2, -0.15) is 0 Å². The molecule has 4 rings (SSSR count). The Morgan fingerprint density at radius 1 is 1.19 bits per heavy atom. The van der Waals surface area contributed by atoms with Crippen LogP contribution < -0.4 is 9.46 Å². The number of halogens is 1. The molecule has 0 radical (unpaired) electrons. The molecule has 0 saturated carbocycles. The number of fused-ring (bicyclic) bond motifs is 3. The van der Waals surface area contributed by atoms with Crippen LogP contribution in [0.5, 0.6) is 5.75 Å². The van der Waals surface area contributed by atoms with Gasteiger partial charge in [-0.3, -0.25) is 4.79 Å². The molecular weight excluding hydrogens is 498 g/mol. The Labute approximate surface area is 219 Å². The van der Waals surface area contributed by atoms with Crippen molar-refractivity contribution in [1.82, 2.24) is 4.72 Å². The first-order chi connectivity index (χ1) is 17.1. The van der Waals surface area contributed by atoms with E-state index in [0.29, 0.717) is 23.3 Å². The first kappa shape index (κ1) is 27.0. The Morgan fingerprint density at radius 3 is 2.67 bits per heavy atom. The largest absolute Gasteiger partial charge is 0.487 e. The molecule has 2 aromatic rings. The van der Waals surface area contributed by atoms with Crippen LogP contribution in [0, 0.1) is 11.8 Å². The minimum absolute atomic E-state index is 0.00113. The highest BCUT2D eigenvalue weighted by molar-refractivity contribution is 7.90. The van der Waals surface area contributed by atoms with Gasteiger partial charge < -0.3 is 9.47 Å². The number of carbonyl (C=O) groups excluding carboxylic acids is 1. The highest BCUT2D eigenvalue weighted by atomic mass is 35.5. The van der Waals surface area contributed by atoms with Gasteiger partial charge >= 0.3 is 0 Å². The van der Waals surface area contributed by atoms with Crippen molar-refractivity contribution in [3.63, 3.8) is 0 Å². The van der Waals surface area contributed by atoms with Crippen LogP contribution in [0.1, 0.15) is 76.5 Å². The molecule has 0 aromatic heterocycles. The molecule has 2 aliphatic rings. The lowest BCUT2D eigenvalue weighted by atomic mass is 9.72. The average molecular weight is 534 g/mol. The van der Waals surface area contributed by atoms with Crippen molar-refractivity contribution in [3.05, 3.63) is 58.6 Å². The zero-order valence-corrected chi connectivity index (χ0v) is 22.8. The second-order valence-corrected chi connectivity index (χ2v) is 12.7. The fourth-order valence-corrected chi connectivity index (χ4v) is 6.47. The van der Waals surface area contributed by atoms with E-state index in [-0.39, 0.29) is 23.0 Å². The number of rotatable bonds is 9. The second-order valence-electron chi connectivity index (χ2n) is 10.6. The summed E-state index contributed by atoms with van der Waals surface area (Å²) in [5.74, 6) is 1.24. The Kier molecular flexibility index (Phi) is 8.32. The summed E-state index contributed by atoms with van der Waals surface area (Å²) < 4.78 is 40.0. The third-order valence-corrected chi connectivity index (χ3v) is 8.94. The highest BCUT2D eigenvalue weighted by Gasteiger charge is 2.48. The molecule has 2 aliphatic heterocycles. The number of sulfonamides is 1. The van der Waals surface area contributed by atoms with E-state index in [0.717, 1.165) is 55.6 Å². The van der Waals surface area contributed by atoms with Gasteiger partial charge in [-0.25, -0.2) is 13.1 Å². The third kappa shape index (κ3) is 6.24. The molecule has 196 valence electrons. The number of benzene rings is 2. The first-order valence-corrected chi connectivity index (χ1v) is 14.7. The van der Waals surface area contributed by atoms with Gasteiger partial charge in [-0.05, 0) is 80.8 Å². The van der Waals surface area contributed by atoms with Gasteiger partial charge in [0.25, 0.3) is 10.0 Å². The van der Waals surface area contributed by atoms with Crippen LogP contribution in [-0.2, 0) is 26.0 Å². The smallest absolute Gasteiger partial charge is 0.264 e. The number of nitrogens with one attached hydrogen (secondary N) is 1. The number of aryl methyl sites for hydroxylation is 1. The molecule has 0 aliphatic carbocycles. The molecule has 1 amide bonds. The van der Waals surface area contributed by atoms with Crippen molar-refractivity contribution in [2.45, 2.75) is 82.3 Å². The quantitative estimate of drug-likeness (QED) is 0.413. The van der Waals surface area contributed by atoms with Crippen molar-refractivity contribution >= 4 is 27.5 Å². The molecule has 0 spiro atoms. The minimum atomic E-state index is -3.94. The van der Waals surface area contributed by atoms with E-state index in [1.165, 1.54) is 24.3 Å². The van der Waals surface area contributed by atoms with Crippen LogP contribution in [0.15, 0.2) is 47.4 Å². The molecule has 1 saturated heterocycles. The molecule has 0 bridgehead atoms. The summed E-state index contributed by atoms with van der Waals surface area (Å²) in [4.78, 5) is 12.5. The molecule has 6 nitrogen and oxygen atoms in total. The Balaban J connectivity index is 1.44. The molecule has 2 heterocycles.